The van der Waals surface area contributed by atoms with Gasteiger partial charge in [-0.2, -0.15) is 0 Å². The van der Waals surface area contributed by atoms with E-state index >= 15 is 0 Å². The predicted molar refractivity (Wildman–Crippen MR) is 98.2 cm³/mol. The van der Waals surface area contributed by atoms with E-state index in [4.69, 9.17) is 0 Å². The Morgan fingerprint density at radius 3 is 1.29 bits per heavy atom. The fourth-order valence-electron chi connectivity index (χ4n) is 3.41. The molecule has 3 rings (SSSR count). The van der Waals surface area contributed by atoms with E-state index in [1.807, 2.05) is 0 Å². The van der Waals surface area contributed by atoms with Crippen LogP contribution in [0.1, 0.15) is 43.2 Å². The molecule has 0 aliphatic heterocycles. The molecule has 0 amide bonds. The minimum Gasteiger partial charge on any atom is -0.0622 e. The molecule has 2 aromatic carbocycles. The zero-order valence-corrected chi connectivity index (χ0v) is 10.8. The van der Waals surface area contributed by atoms with E-state index in [9.17, 15) is 0 Å². The fraction of sp³-hybridized carbons (Fsp3) is 0.333. The molecule has 0 atom stereocenters. The van der Waals surface area contributed by atoms with Gasteiger partial charge in [0.1, 0.15) is 0 Å². The molecule has 21 heavy (non-hydrogen) atoms. The summed E-state index contributed by atoms with van der Waals surface area (Å²) in [5.74, 6) is 0. The molecule has 0 unspecified atom stereocenters. The fourth-order valence-corrected chi connectivity index (χ4v) is 3.41. The first-order chi connectivity index (χ1) is 8.92. The van der Waals surface area contributed by atoms with Crippen LogP contribution in [0.3, 0.4) is 0 Å². The summed E-state index contributed by atoms with van der Waals surface area (Å²) in [6.45, 7) is 0. The monoisotopic (exact) mass is 308 g/mol. The Morgan fingerprint density at radius 2 is 0.905 bits per heavy atom. The molecule has 0 bridgehead atoms. The molecule has 1 aliphatic rings. The molecule has 0 nitrogen and oxygen atoms in total. The second-order valence-corrected chi connectivity index (χ2v) is 5.37. The first kappa shape index (κ1) is 22.4. The van der Waals surface area contributed by atoms with E-state index in [0.717, 1.165) is 0 Å². The van der Waals surface area contributed by atoms with Crippen molar-refractivity contribution in [2.45, 2.75) is 37.5 Å². The zero-order valence-electron chi connectivity index (χ0n) is 10.8. The smallest absolute Gasteiger partial charge is 0.0202 e. The minimum absolute atomic E-state index is 0. The summed E-state index contributed by atoms with van der Waals surface area (Å²) >= 11 is 0. The Labute approximate surface area is 195 Å². The molecule has 1 fully saturated rings. The third kappa shape index (κ3) is 5.21. The molecule has 98 valence electrons. The molecule has 3 heteroatoms. The van der Waals surface area contributed by atoms with Crippen LogP contribution in [-0.2, 0) is 5.41 Å². The van der Waals surface area contributed by atoms with Gasteiger partial charge in [-0.05, 0) is 24.0 Å². The standard InChI is InChI=1S/C18H20.3Na.3H/c1-4-10-16(11-5-1)18(14-8-3-9-15-18)17-12-6-2-7-13-17;;;;;;/h1-2,4-7,10-13H,3,8-9,14-15H2;;;;;;. The van der Waals surface area contributed by atoms with Gasteiger partial charge in [0.05, 0.1) is 0 Å². The predicted octanol–water partition coefficient (Wildman–Crippen LogP) is 2.99. The van der Waals surface area contributed by atoms with Crippen LogP contribution < -0.4 is 0 Å². The van der Waals surface area contributed by atoms with Crippen molar-refractivity contribution in [3.8, 4) is 0 Å². The van der Waals surface area contributed by atoms with Crippen molar-refractivity contribution in [1.29, 1.82) is 0 Å². The Bertz CT molecular complexity index is 449. The van der Waals surface area contributed by atoms with Crippen molar-refractivity contribution in [2.24, 2.45) is 0 Å². The summed E-state index contributed by atoms with van der Waals surface area (Å²) < 4.78 is 0. The van der Waals surface area contributed by atoms with Gasteiger partial charge in [0.15, 0.2) is 0 Å². The van der Waals surface area contributed by atoms with Crippen molar-refractivity contribution in [1.82, 2.24) is 0 Å². The van der Waals surface area contributed by atoms with Crippen molar-refractivity contribution in [3.05, 3.63) is 71.8 Å². The van der Waals surface area contributed by atoms with Crippen molar-refractivity contribution in [3.63, 3.8) is 0 Å². The van der Waals surface area contributed by atoms with Crippen LogP contribution >= 0.6 is 0 Å². The van der Waals surface area contributed by atoms with Crippen LogP contribution in [-0.4, -0.2) is 88.7 Å². The number of rotatable bonds is 2. The van der Waals surface area contributed by atoms with Crippen LogP contribution in [0.4, 0.5) is 0 Å². The Hall–Kier alpha value is 1.44. The summed E-state index contributed by atoms with van der Waals surface area (Å²) in [5, 5.41) is 0. The molecule has 1 saturated carbocycles. The van der Waals surface area contributed by atoms with Crippen molar-refractivity contribution >= 4 is 88.7 Å². The van der Waals surface area contributed by atoms with Gasteiger partial charge in [-0.15, -0.1) is 0 Å². The normalized spacial score (nSPS) is 15.8. The Morgan fingerprint density at radius 1 is 0.524 bits per heavy atom. The topological polar surface area (TPSA) is 0 Å². The van der Waals surface area contributed by atoms with Crippen LogP contribution in [0, 0.1) is 0 Å². The van der Waals surface area contributed by atoms with Gasteiger partial charge in [-0.3, -0.25) is 0 Å². The van der Waals surface area contributed by atoms with Gasteiger partial charge in [0, 0.05) is 5.41 Å². The maximum Gasteiger partial charge on any atom is 0.0202 e. The first-order valence-electron chi connectivity index (χ1n) is 7.03. The maximum absolute atomic E-state index is 2.30. The van der Waals surface area contributed by atoms with E-state index in [-0.39, 0.29) is 94.1 Å². The summed E-state index contributed by atoms with van der Waals surface area (Å²) in [4.78, 5) is 0. The minimum atomic E-state index is 0. The molecule has 0 spiro atoms. The second-order valence-electron chi connectivity index (χ2n) is 5.37. The summed E-state index contributed by atoms with van der Waals surface area (Å²) in [6, 6.07) is 22.1. The van der Waals surface area contributed by atoms with Gasteiger partial charge >= 0.3 is 88.7 Å². The average Bonchev–Trinajstić information content (AvgIpc) is 2.50. The third-order valence-corrected chi connectivity index (χ3v) is 4.36. The van der Waals surface area contributed by atoms with Gasteiger partial charge in [0.25, 0.3) is 0 Å². The zero-order chi connectivity index (χ0) is 12.3. The van der Waals surface area contributed by atoms with Gasteiger partial charge in [-0.1, -0.05) is 79.9 Å². The van der Waals surface area contributed by atoms with Gasteiger partial charge in [-0.25, -0.2) is 0 Å². The largest absolute Gasteiger partial charge is 0.0622 e. The van der Waals surface area contributed by atoms with Crippen LogP contribution in [0.15, 0.2) is 60.7 Å². The molecular formula is C18H23Na3. The van der Waals surface area contributed by atoms with Crippen LogP contribution in [0.25, 0.3) is 0 Å². The molecule has 0 heterocycles. The summed E-state index contributed by atoms with van der Waals surface area (Å²) in [6.07, 6.45) is 6.68. The quantitative estimate of drug-likeness (QED) is 0.748. The molecule has 0 N–H and O–H groups in total. The van der Waals surface area contributed by atoms with E-state index in [1.165, 1.54) is 43.2 Å². The second kappa shape index (κ2) is 11.1. The molecule has 0 saturated heterocycles. The van der Waals surface area contributed by atoms with E-state index in [0.29, 0.717) is 0 Å². The van der Waals surface area contributed by atoms with Crippen molar-refractivity contribution in [2.75, 3.05) is 0 Å². The summed E-state index contributed by atoms with van der Waals surface area (Å²) in [7, 11) is 0. The molecule has 1 aliphatic carbocycles. The van der Waals surface area contributed by atoms with E-state index < -0.39 is 0 Å². The Kier molecular flexibility index (Phi) is 11.8. The van der Waals surface area contributed by atoms with Gasteiger partial charge < -0.3 is 0 Å². The SMILES string of the molecule is [NaH].[NaH].[NaH].c1ccc(C2(c3ccccc3)CCCCC2)cc1. The number of hydrogen-bond acceptors (Lipinski definition) is 0. The number of hydrogen-bond donors (Lipinski definition) is 0. The Balaban J connectivity index is 0.00000133. The molecular weight excluding hydrogens is 285 g/mol. The maximum atomic E-state index is 2.30. The molecule has 0 aromatic heterocycles. The van der Waals surface area contributed by atoms with E-state index in [2.05, 4.69) is 60.7 Å². The molecule has 2 aromatic rings. The van der Waals surface area contributed by atoms with Gasteiger partial charge in [0.2, 0.25) is 0 Å². The van der Waals surface area contributed by atoms with Crippen LogP contribution in [0.5, 0.6) is 0 Å². The van der Waals surface area contributed by atoms with E-state index in [1.54, 1.807) is 0 Å². The summed E-state index contributed by atoms with van der Waals surface area (Å²) in [5.41, 5.74) is 3.26. The molecule has 0 radical (unpaired) electrons. The first-order valence-corrected chi connectivity index (χ1v) is 7.03. The van der Waals surface area contributed by atoms with Crippen molar-refractivity contribution < 1.29 is 0 Å². The number of benzene rings is 2. The average molecular weight is 308 g/mol. The van der Waals surface area contributed by atoms with Crippen LogP contribution in [0.2, 0.25) is 0 Å². The third-order valence-electron chi connectivity index (χ3n) is 4.36.